The minimum atomic E-state index is -1.00. The first-order chi connectivity index (χ1) is 8.13. The standard InChI is InChI=1S/C12H8ClF2NO/c13-9-5-4-7(6-17)16-12(9)8-2-1-3-10(14)11(8)15/h1-5,17H,6H2. The van der Waals surface area contributed by atoms with Crippen LogP contribution in [0.3, 0.4) is 0 Å². The Morgan fingerprint density at radius 3 is 2.65 bits per heavy atom. The van der Waals surface area contributed by atoms with Crippen molar-refractivity contribution in [3.63, 3.8) is 0 Å². The Morgan fingerprint density at radius 2 is 1.94 bits per heavy atom. The van der Waals surface area contributed by atoms with Crippen LogP contribution >= 0.6 is 11.6 Å². The molecule has 0 spiro atoms. The summed E-state index contributed by atoms with van der Waals surface area (Å²) in [4.78, 5) is 3.97. The average Bonchev–Trinajstić information content (AvgIpc) is 2.34. The molecule has 0 saturated carbocycles. The highest BCUT2D eigenvalue weighted by Crippen LogP contribution is 2.29. The lowest BCUT2D eigenvalue weighted by Gasteiger charge is -2.07. The van der Waals surface area contributed by atoms with Crippen molar-refractivity contribution < 1.29 is 13.9 Å². The van der Waals surface area contributed by atoms with E-state index in [1.807, 2.05) is 0 Å². The SMILES string of the molecule is OCc1ccc(Cl)c(-c2cccc(F)c2F)n1. The molecule has 0 aliphatic carbocycles. The molecule has 2 aromatic rings. The fourth-order valence-electron chi connectivity index (χ4n) is 1.45. The molecule has 0 aliphatic heterocycles. The Hall–Kier alpha value is -1.52. The van der Waals surface area contributed by atoms with Gasteiger partial charge in [0.05, 0.1) is 23.0 Å². The summed E-state index contributed by atoms with van der Waals surface area (Å²) in [6, 6.07) is 6.77. The van der Waals surface area contributed by atoms with E-state index in [0.717, 1.165) is 6.07 Å². The first-order valence-corrected chi connectivity index (χ1v) is 5.22. The van der Waals surface area contributed by atoms with Gasteiger partial charge >= 0.3 is 0 Å². The van der Waals surface area contributed by atoms with Gasteiger partial charge in [0, 0.05) is 5.56 Å². The second kappa shape index (κ2) is 4.77. The Labute approximate surface area is 102 Å². The Kier molecular flexibility index (Phi) is 3.36. The number of nitrogens with zero attached hydrogens (tertiary/aromatic N) is 1. The zero-order valence-corrected chi connectivity index (χ0v) is 9.38. The van der Waals surface area contributed by atoms with Crippen LogP contribution in [0.25, 0.3) is 11.3 Å². The summed E-state index contributed by atoms with van der Waals surface area (Å²) in [5.74, 6) is -1.97. The number of aliphatic hydroxyl groups is 1. The molecule has 1 aromatic carbocycles. The van der Waals surface area contributed by atoms with Gasteiger partial charge in [-0.2, -0.15) is 0 Å². The molecule has 0 aliphatic rings. The molecule has 0 unspecified atom stereocenters. The molecule has 0 radical (unpaired) electrons. The molecule has 0 saturated heterocycles. The van der Waals surface area contributed by atoms with Crippen LogP contribution in [-0.4, -0.2) is 10.1 Å². The van der Waals surface area contributed by atoms with E-state index < -0.39 is 11.6 Å². The quantitative estimate of drug-likeness (QED) is 0.894. The lowest BCUT2D eigenvalue weighted by atomic mass is 10.1. The van der Waals surface area contributed by atoms with Gasteiger partial charge in [0.1, 0.15) is 0 Å². The third-order valence-electron chi connectivity index (χ3n) is 2.27. The number of aromatic nitrogens is 1. The Morgan fingerprint density at radius 1 is 1.18 bits per heavy atom. The van der Waals surface area contributed by atoms with Crippen molar-refractivity contribution in [1.82, 2.24) is 4.98 Å². The van der Waals surface area contributed by atoms with Gasteiger partial charge < -0.3 is 5.11 Å². The molecule has 88 valence electrons. The Balaban J connectivity index is 2.63. The lowest BCUT2D eigenvalue weighted by Crippen LogP contribution is -1.96. The smallest absolute Gasteiger partial charge is 0.168 e. The number of halogens is 3. The van der Waals surface area contributed by atoms with Crippen LogP contribution < -0.4 is 0 Å². The molecule has 2 rings (SSSR count). The highest BCUT2D eigenvalue weighted by Gasteiger charge is 2.14. The van der Waals surface area contributed by atoms with Crippen molar-refractivity contribution in [2.24, 2.45) is 0 Å². The van der Waals surface area contributed by atoms with Crippen LogP contribution in [0.2, 0.25) is 5.02 Å². The summed E-state index contributed by atoms with van der Waals surface area (Å²) in [6.45, 7) is -0.291. The van der Waals surface area contributed by atoms with Crippen molar-refractivity contribution in [3.8, 4) is 11.3 Å². The van der Waals surface area contributed by atoms with Crippen molar-refractivity contribution in [1.29, 1.82) is 0 Å². The van der Waals surface area contributed by atoms with Crippen LogP contribution in [0.15, 0.2) is 30.3 Å². The van der Waals surface area contributed by atoms with Gasteiger partial charge in [-0.1, -0.05) is 17.7 Å². The fourth-order valence-corrected chi connectivity index (χ4v) is 1.65. The molecular formula is C12H8ClF2NO. The zero-order chi connectivity index (χ0) is 12.4. The van der Waals surface area contributed by atoms with Crippen molar-refractivity contribution in [3.05, 3.63) is 52.7 Å². The van der Waals surface area contributed by atoms with Gasteiger partial charge in [0.15, 0.2) is 11.6 Å². The number of pyridine rings is 1. The number of hydrogen-bond acceptors (Lipinski definition) is 2. The van der Waals surface area contributed by atoms with E-state index in [4.69, 9.17) is 16.7 Å². The third kappa shape index (κ3) is 2.28. The maximum atomic E-state index is 13.6. The number of rotatable bonds is 2. The van der Waals surface area contributed by atoms with Gasteiger partial charge in [-0.15, -0.1) is 0 Å². The molecular weight excluding hydrogens is 248 g/mol. The van der Waals surface area contributed by atoms with E-state index in [2.05, 4.69) is 4.98 Å². The number of hydrogen-bond donors (Lipinski definition) is 1. The molecule has 1 aromatic heterocycles. The minimum absolute atomic E-state index is 0.0229. The van der Waals surface area contributed by atoms with E-state index in [0.29, 0.717) is 5.69 Å². The van der Waals surface area contributed by atoms with Crippen molar-refractivity contribution in [2.45, 2.75) is 6.61 Å². The average molecular weight is 256 g/mol. The predicted octanol–water partition coefficient (Wildman–Crippen LogP) is 3.17. The number of benzene rings is 1. The van der Waals surface area contributed by atoms with Crippen LogP contribution in [0.4, 0.5) is 8.78 Å². The summed E-state index contributed by atoms with van der Waals surface area (Å²) in [6.07, 6.45) is 0. The first kappa shape index (κ1) is 12.0. The molecule has 0 atom stereocenters. The highest BCUT2D eigenvalue weighted by atomic mass is 35.5. The predicted molar refractivity (Wildman–Crippen MR) is 60.5 cm³/mol. The van der Waals surface area contributed by atoms with Crippen molar-refractivity contribution >= 4 is 11.6 Å². The molecule has 17 heavy (non-hydrogen) atoms. The second-order valence-electron chi connectivity index (χ2n) is 3.39. The summed E-state index contributed by atoms with van der Waals surface area (Å²) in [5, 5.41) is 9.15. The minimum Gasteiger partial charge on any atom is -0.390 e. The topological polar surface area (TPSA) is 33.1 Å². The van der Waals surface area contributed by atoms with Crippen LogP contribution in [0.5, 0.6) is 0 Å². The van der Waals surface area contributed by atoms with Crippen LogP contribution in [-0.2, 0) is 6.61 Å². The van der Waals surface area contributed by atoms with Gasteiger partial charge in [0.2, 0.25) is 0 Å². The summed E-state index contributed by atoms with van der Waals surface area (Å²) in [7, 11) is 0. The molecule has 1 N–H and O–H groups in total. The summed E-state index contributed by atoms with van der Waals surface area (Å²) >= 11 is 5.88. The molecule has 2 nitrogen and oxygen atoms in total. The van der Waals surface area contributed by atoms with Gasteiger partial charge in [-0.25, -0.2) is 13.8 Å². The van der Waals surface area contributed by atoms with Gasteiger partial charge in [-0.05, 0) is 24.3 Å². The largest absolute Gasteiger partial charge is 0.390 e. The van der Waals surface area contributed by atoms with E-state index in [9.17, 15) is 8.78 Å². The van der Waals surface area contributed by atoms with Gasteiger partial charge in [0.25, 0.3) is 0 Å². The van der Waals surface area contributed by atoms with Crippen LogP contribution in [0.1, 0.15) is 5.69 Å². The molecule has 5 heteroatoms. The molecule has 0 amide bonds. The summed E-state index contributed by atoms with van der Waals surface area (Å²) < 4.78 is 26.7. The second-order valence-corrected chi connectivity index (χ2v) is 3.80. The first-order valence-electron chi connectivity index (χ1n) is 4.84. The van der Waals surface area contributed by atoms with Gasteiger partial charge in [-0.3, -0.25) is 0 Å². The zero-order valence-electron chi connectivity index (χ0n) is 8.62. The lowest BCUT2D eigenvalue weighted by molar-refractivity contribution is 0.277. The Bertz CT molecular complexity index is 560. The highest BCUT2D eigenvalue weighted by molar-refractivity contribution is 6.33. The van der Waals surface area contributed by atoms with E-state index in [1.165, 1.54) is 24.3 Å². The summed E-state index contributed by atoms with van der Waals surface area (Å²) in [5.41, 5.74) is 0.438. The van der Waals surface area contributed by atoms with E-state index in [-0.39, 0.29) is 22.9 Å². The monoisotopic (exact) mass is 255 g/mol. The third-order valence-corrected chi connectivity index (χ3v) is 2.58. The van der Waals surface area contributed by atoms with Crippen LogP contribution in [0, 0.1) is 11.6 Å². The van der Waals surface area contributed by atoms with E-state index in [1.54, 1.807) is 0 Å². The van der Waals surface area contributed by atoms with Crippen molar-refractivity contribution in [2.75, 3.05) is 0 Å². The maximum Gasteiger partial charge on any atom is 0.168 e. The fraction of sp³-hybridized carbons (Fsp3) is 0.0833. The number of aliphatic hydroxyl groups excluding tert-OH is 1. The maximum absolute atomic E-state index is 13.6. The molecule has 1 heterocycles. The molecule has 0 fully saturated rings. The molecule has 0 bridgehead atoms. The van der Waals surface area contributed by atoms with E-state index >= 15 is 0 Å². The normalized spacial score (nSPS) is 10.6.